The van der Waals surface area contributed by atoms with Crippen LogP contribution in [0.5, 0.6) is 5.75 Å². The predicted octanol–water partition coefficient (Wildman–Crippen LogP) is 3.01. The zero-order chi connectivity index (χ0) is 11.6. The van der Waals surface area contributed by atoms with Gasteiger partial charge >= 0.3 is 0 Å². The molecule has 88 valence electrons. The summed E-state index contributed by atoms with van der Waals surface area (Å²) in [6, 6.07) is 10.3. The molecule has 1 rings (SSSR count). The first-order valence-corrected chi connectivity index (χ1v) is 5.89. The lowest BCUT2D eigenvalue weighted by atomic mass is 10.2. The van der Waals surface area contributed by atoms with Gasteiger partial charge in [-0.25, -0.2) is 0 Å². The highest BCUT2D eigenvalue weighted by atomic mass is 16.5. The third kappa shape index (κ3) is 4.99. The molecule has 16 heavy (non-hydrogen) atoms. The largest absolute Gasteiger partial charge is 0.492 e. The monoisotopic (exact) mass is 219 g/mol. The van der Waals surface area contributed by atoms with Gasteiger partial charge < -0.3 is 10.1 Å². The Morgan fingerprint density at radius 3 is 2.75 bits per heavy atom. The highest BCUT2D eigenvalue weighted by Gasteiger charge is 2.06. The molecule has 2 heteroatoms. The molecule has 0 radical (unpaired) electrons. The smallest absolute Gasteiger partial charge is 0.119 e. The molecular formula is C14H21NO. The van der Waals surface area contributed by atoms with Gasteiger partial charge in [0.2, 0.25) is 0 Å². The van der Waals surface area contributed by atoms with Gasteiger partial charge in [-0.05, 0) is 31.5 Å². The molecule has 1 atom stereocenters. The third-order valence-corrected chi connectivity index (χ3v) is 2.33. The van der Waals surface area contributed by atoms with Gasteiger partial charge in [0.25, 0.3) is 0 Å². The van der Waals surface area contributed by atoms with E-state index in [2.05, 4.69) is 18.8 Å². The lowest BCUT2D eigenvalue weighted by molar-refractivity contribution is 0.265. The van der Waals surface area contributed by atoms with Crippen LogP contribution in [0.25, 0.3) is 0 Å². The Morgan fingerprint density at radius 2 is 2.12 bits per heavy atom. The minimum Gasteiger partial charge on any atom is -0.492 e. The van der Waals surface area contributed by atoms with E-state index >= 15 is 0 Å². The summed E-state index contributed by atoms with van der Waals surface area (Å²) in [4.78, 5) is 0. The maximum Gasteiger partial charge on any atom is 0.119 e. The zero-order valence-corrected chi connectivity index (χ0v) is 9.99. The van der Waals surface area contributed by atoms with Crippen molar-refractivity contribution in [3.8, 4) is 5.75 Å². The van der Waals surface area contributed by atoms with Gasteiger partial charge in [0.1, 0.15) is 12.4 Å². The fourth-order valence-electron chi connectivity index (χ4n) is 1.47. The second kappa shape index (κ2) is 7.94. The molecule has 0 saturated heterocycles. The van der Waals surface area contributed by atoms with E-state index in [9.17, 15) is 0 Å². The third-order valence-electron chi connectivity index (χ3n) is 2.33. The van der Waals surface area contributed by atoms with Crippen LogP contribution in [0, 0.1) is 0 Å². The Labute approximate surface area is 98.3 Å². The van der Waals surface area contributed by atoms with E-state index in [-0.39, 0.29) is 0 Å². The number of para-hydroxylation sites is 1. The first kappa shape index (κ1) is 12.8. The summed E-state index contributed by atoms with van der Waals surface area (Å²) in [5.41, 5.74) is 0. The normalized spacial score (nSPS) is 12.1. The molecule has 0 aliphatic rings. The van der Waals surface area contributed by atoms with Gasteiger partial charge in [-0.1, -0.05) is 31.2 Å². The Hall–Kier alpha value is -1.28. The number of ether oxygens (including phenoxy) is 1. The number of benzene rings is 1. The highest BCUT2D eigenvalue weighted by molar-refractivity contribution is 5.20. The molecule has 1 aromatic rings. The Balaban J connectivity index is 2.34. The maximum atomic E-state index is 5.71. The summed E-state index contributed by atoms with van der Waals surface area (Å²) in [6.07, 6.45) is 4.01. The van der Waals surface area contributed by atoms with Crippen molar-refractivity contribution >= 4 is 0 Å². The van der Waals surface area contributed by atoms with E-state index < -0.39 is 0 Å². The maximum absolute atomic E-state index is 5.71. The molecule has 0 amide bonds. The van der Waals surface area contributed by atoms with Crippen molar-refractivity contribution in [2.24, 2.45) is 0 Å². The van der Waals surface area contributed by atoms with E-state index in [4.69, 9.17) is 4.74 Å². The van der Waals surface area contributed by atoms with Crippen molar-refractivity contribution in [1.29, 1.82) is 0 Å². The highest BCUT2D eigenvalue weighted by Crippen LogP contribution is 2.09. The van der Waals surface area contributed by atoms with Crippen molar-refractivity contribution in [3.05, 3.63) is 43.0 Å². The fourth-order valence-corrected chi connectivity index (χ4v) is 1.47. The summed E-state index contributed by atoms with van der Waals surface area (Å²) in [5.74, 6) is 0.926. The molecule has 0 aliphatic heterocycles. The topological polar surface area (TPSA) is 21.3 Å². The van der Waals surface area contributed by atoms with E-state index in [0.717, 1.165) is 25.1 Å². The van der Waals surface area contributed by atoms with Crippen molar-refractivity contribution in [1.82, 2.24) is 5.32 Å². The number of hydrogen-bond acceptors (Lipinski definition) is 2. The predicted molar refractivity (Wildman–Crippen MR) is 68.8 cm³/mol. The molecular weight excluding hydrogens is 198 g/mol. The van der Waals surface area contributed by atoms with Gasteiger partial charge in [-0.15, -0.1) is 6.58 Å². The van der Waals surface area contributed by atoms with Crippen molar-refractivity contribution < 1.29 is 4.74 Å². The van der Waals surface area contributed by atoms with Gasteiger partial charge in [-0.2, -0.15) is 0 Å². The second-order valence-corrected chi connectivity index (χ2v) is 3.80. The molecule has 0 aromatic heterocycles. The fraction of sp³-hybridized carbons (Fsp3) is 0.429. The summed E-state index contributed by atoms with van der Waals surface area (Å²) >= 11 is 0. The SMILES string of the molecule is C=CCC(COc1ccccc1)NCCC. The molecule has 1 unspecified atom stereocenters. The van der Waals surface area contributed by atoms with Gasteiger partial charge in [-0.3, -0.25) is 0 Å². The molecule has 0 spiro atoms. The first-order chi connectivity index (χ1) is 7.86. The van der Waals surface area contributed by atoms with Crippen LogP contribution in [0.3, 0.4) is 0 Å². The molecule has 0 fully saturated rings. The van der Waals surface area contributed by atoms with Crippen LogP contribution in [-0.2, 0) is 0 Å². The first-order valence-electron chi connectivity index (χ1n) is 5.89. The summed E-state index contributed by atoms with van der Waals surface area (Å²) < 4.78 is 5.71. The lowest BCUT2D eigenvalue weighted by Crippen LogP contribution is -2.34. The summed E-state index contributed by atoms with van der Waals surface area (Å²) in [6.45, 7) is 7.65. The van der Waals surface area contributed by atoms with E-state index in [0.29, 0.717) is 12.6 Å². The second-order valence-electron chi connectivity index (χ2n) is 3.80. The molecule has 0 aliphatic carbocycles. The average molecular weight is 219 g/mol. The van der Waals surface area contributed by atoms with Crippen LogP contribution in [0.4, 0.5) is 0 Å². The van der Waals surface area contributed by atoms with Crippen LogP contribution in [0.1, 0.15) is 19.8 Å². The van der Waals surface area contributed by atoms with Crippen molar-refractivity contribution in [2.45, 2.75) is 25.8 Å². The van der Waals surface area contributed by atoms with Crippen LogP contribution in [0.2, 0.25) is 0 Å². The Bertz CT molecular complexity index is 284. The quantitative estimate of drug-likeness (QED) is 0.679. The molecule has 0 saturated carbocycles. The molecule has 2 nitrogen and oxygen atoms in total. The van der Waals surface area contributed by atoms with Crippen LogP contribution < -0.4 is 10.1 Å². The molecule has 0 heterocycles. The zero-order valence-electron chi connectivity index (χ0n) is 9.99. The number of rotatable bonds is 8. The van der Waals surface area contributed by atoms with Crippen molar-refractivity contribution in [2.75, 3.05) is 13.2 Å². The molecule has 1 aromatic carbocycles. The van der Waals surface area contributed by atoms with Gasteiger partial charge in [0.15, 0.2) is 0 Å². The van der Waals surface area contributed by atoms with Crippen LogP contribution in [-0.4, -0.2) is 19.2 Å². The standard InChI is InChI=1S/C14H21NO/c1-3-8-13(15-11-4-2)12-16-14-9-6-5-7-10-14/h3,5-7,9-10,13,15H,1,4,8,11-12H2,2H3. The Kier molecular flexibility index (Phi) is 6.35. The van der Waals surface area contributed by atoms with Crippen LogP contribution in [0.15, 0.2) is 43.0 Å². The van der Waals surface area contributed by atoms with E-state index in [1.54, 1.807) is 0 Å². The number of hydrogen-bond donors (Lipinski definition) is 1. The van der Waals surface area contributed by atoms with E-state index in [1.807, 2.05) is 36.4 Å². The summed E-state index contributed by atoms with van der Waals surface area (Å²) in [5, 5.41) is 3.44. The van der Waals surface area contributed by atoms with Gasteiger partial charge in [0, 0.05) is 6.04 Å². The molecule has 1 N–H and O–H groups in total. The summed E-state index contributed by atoms with van der Waals surface area (Å²) in [7, 11) is 0. The number of nitrogens with one attached hydrogen (secondary N) is 1. The average Bonchev–Trinajstić information content (AvgIpc) is 2.34. The minimum absolute atomic E-state index is 0.359. The van der Waals surface area contributed by atoms with Crippen molar-refractivity contribution in [3.63, 3.8) is 0 Å². The van der Waals surface area contributed by atoms with Gasteiger partial charge in [0.05, 0.1) is 0 Å². The van der Waals surface area contributed by atoms with E-state index in [1.165, 1.54) is 0 Å². The minimum atomic E-state index is 0.359. The molecule has 0 bridgehead atoms. The Morgan fingerprint density at radius 1 is 1.38 bits per heavy atom. The van der Waals surface area contributed by atoms with Crippen LogP contribution >= 0.6 is 0 Å². The lowest BCUT2D eigenvalue weighted by Gasteiger charge is -2.17.